The molecule has 0 spiro atoms. The zero-order chi connectivity index (χ0) is 19.4. The number of aromatic nitrogens is 2. The van der Waals surface area contributed by atoms with Crippen molar-refractivity contribution in [2.75, 3.05) is 47.8 Å². The van der Waals surface area contributed by atoms with Gasteiger partial charge in [-0.1, -0.05) is 27.7 Å². The number of rotatable bonds is 5. The Balaban J connectivity index is 1.81. The number of nitrogens with one attached hydrogen (secondary N) is 2. The number of nitrogens with zero attached hydrogens (tertiary/aromatic N) is 4. The van der Waals surface area contributed by atoms with Crippen molar-refractivity contribution in [3.05, 3.63) is 6.07 Å². The third-order valence-electron chi connectivity index (χ3n) is 5.22. The van der Waals surface area contributed by atoms with Gasteiger partial charge in [0.1, 0.15) is 11.6 Å². The van der Waals surface area contributed by atoms with Gasteiger partial charge in [-0.25, -0.2) is 0 Å². The van der Waals surface area contributed by atoms with Crippen molar-refractivity contribution in [3.8, 4) is 0 Å². The molecule has 6 nitrogen and oxygen atoms in total. The number of piperidine rings is 1. The molecule has 150 valence electrons. The lowest BCUT2D eigenvalue weighted by Crippen LogP contribution is -2.39. The van der Waals surface area contributed by atoms with Crippen molar-refractivity contribution >= 4 is 34.9 Å². The summed E-state index contributed by atoms with van der Waals surface area (Å²) in [6.45, 7) is 14.1. The summed E-state index contributed by atoms with van der Waals surface area (Å²) >= 11 is 5.44. The van der Waals surface area contributed by atoms with Gasteiger partial charge in [-0.05, 0) is 49.2 Å². The number of hydrogen-bond acceptors (Lipinski definition) is 5. The van der Waals surface area contributed by atoms with Crippen LogP contribution in [0.3, 0.4) is 0 Å². The maximum absolute atomic E-state index is 5.44. The minimum Gasteiger partial charge on any atom is -0.362 e. The van der Waals surface area contributed by atoms with Crippen molar-refractivity contribution in [3.63, 3.8) is 0 Å². The molecule has 7 heteroatoms. The van der Waals surface area contributed by atoms with E-state index in [0.717, 1.165) is 44.4 Å². The third-order valence-corrected chi connectivity index (χ3v) is 5.46. The predicted molar refractivity (Wildman–Crippen MR) is 118 cm³/mol. The Morgan fingerprint density at radius 2 is 1.70 bits per heavy atom. The molecule has 0 radical (unpaired) electrons. The van der Waals surface area contributed by atoms with Crippen LogP contribution in [0.5, 0.6) is 0 Å². The summed E-state index contributed by atoms with van der Waals surface area (Å²) in [7, 11) is 0. The fourth-order valence-electron chi connectivity index (χ4n) is 4.04. The number of thiocarbonyl (C=S) groups is 1. The molecule has 1 aromatic rings. The zero-order valence-electron chi connectivity index (χ0n) is 17.2. The van der Waals surface area contributed by atoms with Crippen LogP contribution in [-0.4, -0.2) is 47.8 Å². The van der Waals surface area contributed by atoms with Crippen LogP contribution in [0.1, 0.15) is 47.0 Å². The third kappa shape index (κ3) is 5.67. The normalized spacial score (nSPS) is 23.0. The van der Waals surface area contributed by atoms with E-state index >= 15 is 0 Å². The predicted octanol–water partition coefficient (Wildman–Crippen LogP) is 3.50. The fraction of sp³-hybridized carbons (Fsp3) is 0.750. The summed E-state index contributed by atoms with van der Waals surface area (Å²) in [5.41, 5.74) is 0. The molecule has 0 unspecified atom stereocenters. The van der Waals surface area contributed by atoms with E-state index in [9.17, 15) is 0 Å². The lowest BCUT2D eigenvalue weighted by atomic mass is 9.92. The van der Waals surface area contributed by atoms with Crippen LogP contribution < -0.4 is 20.4 Å². The lowest BCUT2D eigenvalue weighted by Gasteiger charge is -2.36. The van der Waals surface area contributed by atoms with Crippen LogP contribution in [0.4, 0.5) is 17.6 Å². The second-order valence-corrected chi connectivity index (χ2v) is 9.09. The van der Waals surface area contributed by atoms with E-state index in [0.29, 0.717) is 28.8 Å². The van der Waals surface area contributed by atoms with E-state index < -0.39 is 0 Å². The fourth-order valence-corrected chi connectivity index (χ4v) is 4.22. The molecule has 0 aliphatic carbocycles. The lowest BCUT2D eigenvalue weighted by molar-refractivity contribution is 0.355. The van der Waals surface area contributed by atoms with Gasteiger partial charge in [0.15, 0.2) is 5.11 Å². The van der Waals surface area contributed by atoms with Crippen LogP contribution in [0, 0.1) is 17.8 Å². The van der Waals surface area contributed by atoms with Gasteiger partial charge >= 0.3 is 0 Å². The number of hydrogen-bond donors (Lipinski definition) is 2. The van der Waals surface area contributed by atoms with Gasteiger partial charge in [-0.3, -0.25) is 0 Å². The molecule has 3 rings (SSSR count). The molecule has 2 N–H and O–H groups in total. The standard InChI is InChI=1S/C20H34N6S/c1-14(2)11-21-20(27)24-19-22-17(25-7-5-6-8-25)10-18(23-19)26-12-15(3)9-16(4)13-26/h10,14-16H,5-9,11-13H2,1-4H3,(H2,21,22,23,24,27)/t15-,16-/m1/s1. The molecule has 2 aliphatic heterocycles. The first-order valence-electron chi connectivity index (χ1n) is 10.3. The average molecular weight is 391 g/mol. The van der Waals surface area contributed by atoms with Crippen LogP contribution in [0.15, 0.2) is 6.07 Å². The van der Waals surface area contributed by atoms with Gasteiger partial charge in [0, 0.05) is 38.8 Å². The maximum Gasteiger partial charge on any atom is 0.232 e. The summed E-state index contributed by atoms with van der Waals surface area (Å²) in [4.78, 5) is 14.4. The highest BCUT2D eigenvalue weighted by Gasteiger charge is 2.25. The van der Waals surface area contributed by atoms with Crippen molar-refractivity contribution in [1.29, 1.82) is 0 Å². The highest BCUT2D eigenvalue weighted by molar-refractivity contribution is 7.80. The van der Waals surface area contributed by atoms with Crippen molar-refractivity contribution in [1.82, 2.24) is 15.3 Å². The molecule has 0 aromatic carbocycles. The van der Waals surface area contributed by atoms with Gasteiger partial charge in [0.05, 0.1) is 0 Å². The SMILES string of the molecule is CC(C)CNC(=S)Nc1nc(N2CCCC2)cc(N2C[C@H](C)C[C@@H](C)C2)n1. The Kier molecular flexibility index (Phi) is 6.73. The Morgan fingerprint density at radius 3 is 2.30 bits per heavy atom. The monoisotopic (exact) mass is 390 g/mol. The molecule has 2 fully saturated rings. The summed E-state index contributed by atoms with van der Waals surface area (Å²) < 4.78 is 0. The average Bonchev–Trinajstić information content (AvgIpc) is 3.13. The summed E-state index contributed by atoms with van der Waals surface area (Å²) in [6, 6.07) is 2.16. The van der Waals surface area contributed by atoms with E-state index in [1.807, 2.05) is 0 Å². The minimum atomic E-state index is 0.536. The summed E-state index contributed by atoms with van der Waals surface area (Å²) in [5, 5.41) is 7.04. The molecule has 0 amide bonds. The molecule has 3 heterocycles. The van der Waals surface area contributed by atoms with Crippen molar-refractivity contribution < 1.29 is 0 Å². The molecule has 0 bridgehead atoms. The molecule has 2 atom stereocenters. The Hall–Kier alpha value is -1.63. The van der Waals surface area contributed by atoms with Gasteiger partial charge in [-0.15, -0.1) is 0 Å². The van der Waals surface area contributed by atoms with Gasteiger partial charge in [0.2, 0.25) is 5.95 Å². The molecule has 0 saturated carbocycles. The van der Waals surface area contributed by atoms with Crippen LogP contribution in [0.2, 0.25) is 0 Å². The smallest absolute Gasteiger partial charge is 0.232 e. The number of anilines is 3. The first kappa shape index (κ1) is 20.1. The van der Waals surface area contributed by atoms with Crippen LogP contribution >= 0.6 is 12.2 Å². The van der Waals surface area contributed by atoms with Gasteiger partial charge < -0.3 is 20.4 Å². The highest BCUT2D eigenvalue weighted by atomic mass is 32.1. The molecular weight excluding hydrogens is 356 g/mol. The van der Waals surface area contributed by atoms with E-state index in [-0.39, 0.29) is 0 Å². The minimum absolute atomic E-state index is 0.536. The van der Waals surface area contributed by atoms with E-state index in [1.54, 1.807) is 0 Å². The Morgan fingerprint density at radius 1 is 1.11 bits per heavy atom. The molecule has 2 saturated heterocycles. The van der Waals surface area contributed by atoms with Gasteiger partial charge in [0.25, 0.3) is 0 Å². The zero-order valence-corrected chi connectivity index (χ0v) is 18.0. The Bertz CT molecular complexity index is 633. The molecule has 1 aromatic heterocycles. The second kappa shape index (κ2) is 9.04. The second-order valence-electron chi connectivity index (χ2n) is 8.68. The van der Waals surface area contributed by atoms with E-state index in [2.05, 4.69) is 54.2 Å². The first-order valence-corrected chi connectivity index (χ1v) is 10.8. The molecule has 27 heavy (non-hydrogen) atoms. The van der Waals surface area contributed by atoms with Crippen molar-refractivity contribution in [2.45, 2.75) is 47.0 Å². The summed E-state index contributed by atoms with van der Waals surface area (Å²) in [6.07, 6.45) is 3.75. The van der Waals surface area contributed by atoms with Crippen molar-refractivity contribution in [2.24, 2.45) is 17.8 Å². The van der Waals surface area contributed by atoms with E-state index in [4.69, 9.17) is 22.2 Å². The molecule has 2 aliphatic rings. The van der Waals surface area contributed by atoms with Gasteiger partial charge in [-0.2, -0.15) is 9.97 Å². The highest BCUT2D eigenvalue weighted by Crippen LogP contribution is 2.29. The van der Waals surface area contributed by atoms with E-state index in [1.165, 1.54) is 19.3 Å². The molecular formula is C20H34N6S. The maximum atomic E-state index is 5.44. The first-order chi connectivity index (χ1) is 12.9. The summed E-state index contributed by atoms with van der Waals surface area (Å²) in [5.74, 6) is 4.53. The quantitative estimate of drug-likeness (QED) is 0.746. The Labute approximate surface area is 169 Å². The van der Waals surface area contributed by atoms with Crippen LogP contribution in [-0.2, 0) is 0 Å². The largest absolute Gasteiger partial charge is 0.362 e. The van der Waals surface area contributed by atoms with Crippen LogP contribution in [0.25, 0.3) is 0 Å². The topological polar surface area (TPSA) is 56.3 Å².